The Morgan fingerprint density at radius 2 is 1.56 bits per heavy atom. The molecule has 0 N–H and O–H groups in total. The van der Waals surface area contributed by atoms with Crippen LogP contribution in [-0.4, -0.2) is 0 Å². The molecule has 0 nitrogen and oxygen atoms in total. The molecular weight excluding hydrogens is 408 g/mol. The normalized spacial score (nSPS) is 17.8. The van der Waals surface area contributed by atoms with E-state index in [1.165, 1.54) is 36.0 Å². The summed E-state index contributed by atoms with van der Waals surface area (Å²) in [5.41, 5.74) is 8.33. The van der Waals surface area contributed by atoms with Gasteiger partial charge in [-0.1, -0.05) is 99.8 Å². The first-order chi connectivity index (χ1) is 16.0. The first-order valence-electron chi connectivity index (χ1n) is 12.4. The van der Waals surface area contributed by atoms with Gasteiger partial charge >= 0.3 is 0 Å². The molecular formula is C34H56. The zero-order valence-corrected chi connectivity index (χ0v) is 24.3. The van der Waals surface area contributed by atoms with E-state index in [0.29, 0.717) is 5.41 Å². The number of rotatable bonds is 7. The van der Waals surface area contributed by atoms with Crippen LogP contribution >= 0.6 is 0 Å². The van der Waals surface area contributed by atoms with Crippen molar-refractivity contribution in [2.24, 2.45) is 11.3 Å². The van der Waals surface area contributed by atoms with Gasteiger partial charge in [0.2, 0.25) is 0 Å². The van der Waals surface area contributed by atoms with E-state index in [1.807, 2.05) is 39.0 Å². The Morgan fingerprint density at radius 1 is 1.00 bits per heavy atom. The first kappa shape index (κ1) is 38.7. The fourth-order valence-electron chi connectivity index (χ4n) is 3.41. The summed E-state index contributed by atoms with van der Waals surface area (Å²) in [7, 11) is 0. The van der Waals surface area contributed by atoms with Crippen molar-refractivity contribution in [2.75, 3.05) is 0 Å². The lowest BCUT2D eigenvalue weighted by atomic mass is 9.83. The molecule has 34 heavy (non-hydrogen) atoms. The minimum atomic E-state index is 0.496. The number of hydrogen-bond acceptors (Lipinski definition) is 0. The fraction of sp³-hybridized carbons (Fsp3) is 0.441. The maximum Gasteiger partial charge on any atom is -0.0160 e. The summed E-state index contributed by atoms with van der Waals surface area (Å²) in [6, 6.07) is 0. The Kier molecular flexibility index (Phi) is 30.4. The van der Waals surface area contributed by atoms with E-state index in [4.69, 9.17) is 0 Å². The molecule has 0 radical (unpaired) electrons. The topological polar surface area (TPSA) is 0 Å². The summed E-state index contributed by atoms with van der Waals surface area (Å²) < 4.78 is 0. The number of hydrogen-bond donors (Lipinski definition) is 0. The fourth-order valence-corrected chi connectivity index (χ4v) is 3.41. The predicted octanol–water partition coefficient (Wildman–Crippen LogP) is 11.7. The second-order valence-corrected chi connectivity index (χ2v) is 8.81. The third-order valence-electron chi connectivity index (χ3n) is 4.76. The van der Waals surface area contributed by atoms with Gasteiger partial charge < -0.3 is 0 Å². The summed E-state index contributed by atoms with van der Waals surface area (Å²) in [4.78, 5) is 0. The molecule has 0 bridgehead atoms. The third-order valence-corrected chi connectivity index (χ3v) is 4.76. The molecule has 1 aliphatic rings. The lowest BCUT2D eigenvalue weighted by Gasteiger charge is -2.22. The minimum Gasteiger partial charge on any atom is -0.128 e. The second-order valence-electron chi connectivity index (χ2n) is 8.81. The lowest BCUT2D eigenvalue weighted by Crippen LogP contribution is -2.10. The van der Waals surface area contributed by atoms with Gasteiger partial charge in [-0.2, -0.15) is 0 Å². The summed E-state index contributed by atoms with van der Waals surface area (Å²) in [5, 5.41) is 0. The van der Waals surface area contributed by atoms with Crippen LogP contribution in [-0.2, 0) is 0 Å². The zero-order chi connectivity index (χ0) is 27.6. The smallest absolute Gasteiger partial charge is 0.0160 e. The van der Waals surface area contributed by atoms with E-state index < -0.39 is 0 Å². The molecule has 2 unspecified atom stereocenters. The Bertz CT molecular complexity index is 705. The quantitative estimate of drug-likeness (QED) is 0.199. The van der Waals surface area contributed by atoms with Crippen molar-refractivity contribution in [3.05, 3.63) is 116 Å². The highest BCUT2D eigenvalue weighted by Gasteiger charge is 2.34. The molecule has 0 aromatic heterocycles. The third kappa shape index (κ3) is 25.7. The molecule has 0 heteroatoms. The van der Waals surface area contributed by atoms with Gasteiger partial charge in [0.1, 0.15) is 0 Å². The van der Waals surface area contributed by atoms with E-state index in [2.05, 4.69) is 105 Å². The van der Waals surface area contributed by atoms with Gasteiger partial charge in [0.05, 0.1) is 0 Å². The van der Waals surface area contributed by atoms with Crippen molar-refractivity contribution < 1.29 is 0 Å². The molecule has 0 saturated heterocycles. The molecule has 1 saturated carbocycles. The predicted molar refractivity (Wildman–Crippen MR) is 163 cm³/mol. The van der Waals surface area contributed by atoms with Crippen LogP contribution in [0.3, 0.4) is 0 Å². The largest absolute Gasteiger partial charge is 0.128 e. The Morgan fingerprint density at radius 3 is 1.88 bits per heavy atom. The zero-order valence-electron chi connectivity index (χ0n) is 24.3. The van der Waals surface area contributed by atoms with Crippen molar-refractivity contribution >= 4 is 0 Å². The molecule has 0 heterocycles. The lowest BCUT2D eigenvalue weighted by molar-refractivity contribution is 0.332. The summed E-state index contributed by atoms with van der Waals surface area (Å²) in [6.45, 7) is 39.3. The van der Waals surface area contributed by atoms with E-state index in [-0.39, 0.29) is 0 Å². The molecule has 0 amide bonds. The second kappa shape index (κ2) is 26.7. The van der Waals surface area contributed by atoms with Crippen LogP contribution in [0.4, 0.5) is 0 Å². The Balaban J connectivity index is -0.000000210. The number of allylic oxidation sites excluding steroid dienone is 12. The van der Waals surface area contributed by atoms with E-state index >= 15 is 0 Å². The van der Waals surface area contributed by atoms with Crippen LogP contribution in [0.1, 0.15) is 88.0 Å². The highest BCUT2D eigenvalue weighted by molar-refractivity contribution is 5.25. The van der Waals surface area contributed by atoms with Crippen molar-refractivity contribution in [1.29, 1.82) is 0 Å². The highest BCUT2D eigenvalue weighted by atomic mass is 14.4. The van der Waals surface area contributed by atoms with Gasteiger partial charge in [-0.25, -0.2) is 0 Å². The summed E-state index contributed by atoms with van der Waals surface area (Å²) >= 11 is 0. The van der Waals surface area contributed by atoms with Crippen molar-refractivity contribution in [3.8, 4) is 0 Å². The average Bonchev–Trinajstić information content (AvgIpc) is 3.17. The van der Waals surface area contributed by atoms with Crippen LogP contribution in [0.2, 0.25) is 0 Å². The van der Waals surface area contributed by atoms with Crippen LogP contribution < -0.4 is 0 Å². The summed E-state index contributed by atoms with van der Waals surface area (Å²) in [6.07, 6.45) is 21.3. The van der Waals surface area contributed by atoms with Crippen LogP contribution in [0, 0.1) is 11.3 Å². The monoisotopic (exact) mass is 464 g/mol. The van der Waals surface area contributed by atoms with Crippen molar-refractivity contribution in [1.82, 2.24) is 0 Å². The van der Waals surface area contributed by atoms with Gasteiger partial charge in [-0.3, -0.25) is 0 Å². The van der Waals surface area contributed by atoms with Gasteiger partial charge in [0.25, 0.3) is 0 Å². The Hall–Kier alpha value is -2.56. The van der Waals surface area contributed by atoms with Crippen LogP contribution in [0.15, 0.2) is 116 Å². The summed E-state index contributed by atoms with van der Waals surface area (Å²) in [5.74, 6) is 0.768. The van der Waals surface area contributed by atoms with Crippen LogP contribution in [0.25, 0.3) is 0 Å². The standard InChI is InChI=1S/C16H26.C8H12.C6H8.C2H6.C2H4/c1-6-9-16(5)10-8-15(12-16)14(7-2)11-13(3)4;1-4-5-6-7-8(2)3;1-4-5-6(2)3;2*1-2/h6-7,11,15H,1,8-10,12H2,2-5H3;4-7H,1H2,2-3H3;5H,1-2H2,3H3;1-2H3;1-2H2/b14-7+;6-5-;;;. The Labute approximate surface area is 215 Å². The maximum atomic E-state index is 3.88. The molecule has 1 fully saturated rings. The first-order valence-corrected chi connectivity index (χ1v) is 12.4. The molecule has 2 atom stereocenters. The molecule has 0 aromatic rings. The maximum absolute atomic E-state index is 3.88. The molecule has 0 aliphatic heterocycles. The molecule has 1 rings (SSSR count). The minimum absolute atomic E-state index is 0.496. The van der Waals surface area contributed by atoms with Crippen LogP contribution in [0.5, 0.6) is 0 Å². The van der Waals surface area contributed by atoms with Gasteiger partial charge in [0, 0.05) is 0 Å². The molecule has 1 aliphatic carbocycles. The van der Waals surface area contributed by atoms with Crippen molar-refractivity contribution in [3.63, 3.8) is 0 Å². The van der Waals surface area contributed by atoms with E-state index in [9.17, 15) is 0 Å². The molecule has 0 aromatic carbocycles. The van der Waals surface area contributed by atoms with E-state index in [0.717, 1.165) is 17.9 Å². The van der Waals surface area contributed by atoms with Crippen molar-refractivity contribution in [2.45, 2.75) is 88.0 Å². The van der Waals surface area contributed by atoms with E-state index in [1.54, 1.807) is 12.2 Å². The van der Waals surface area contributed by atoms with Gasteiger partial charge in [0.15, 0.2) is 0 Å². The molecule has 0 spiro atoms. The average molecular weight is 465 g/mol. The van der Waals surface area contributed by atoms with Gasteiger partial charge in [-0.15, -0.1) is 25.5 Å². The highest BCUT2D eigenvalue weighted by Crippen LogP contribution is 2.47. The van der Waals surface area contributed by atoms with Gasteiger partial charge in [-0.05, 0) is 90.2 Å². The molecule has 192 valence electrons. The SMILES string of the molecule is C=C.C=C/C=C\C=C(C)C.C=C=CC(=C)C.C=CCC1(C)CCC(/C(C=C(C)C)=C/C)C1.CC.